The number of carbonyl (C=O) groups excluding carboxylic acids is 1. The number of benzene rings is 5. The minimum atomic E-state index is -0.276. The molecule has 1 aliphatic carbocycles. The standard InChI is InChI=1S/C39H33N3O3S3/c1-42(26-27-44-39(43)28-4-2-3-5-28)31-10-6-29(7-11-31)40-41-30-8-12-32(13-9-30)45-33-14-18-35(19-15-33)47-37-22-24-38(25-23-37)48-36-20-16-34(46)17-21-36/h2,4-25,46H,3,26-27H2,1H3. The number of likely N-dealkylation sites (N-methyl/N-ethyl adjacent to an activating group) is 1. The van der Waals surface area contributed by atoms with Crippen LogP contribution in [0.3, 0.4) is 0 Å². The van der Waals surface area contributed by atoms with Gasteiger partial charge < -0.3 is 14.4 Å². The molecule has 6 rings (SSSR count). The number of hydrogen-bond donors (Lipinski definition) is 1. The first-order valence-corrected chi connectivity index (χ1v) is 17.4. The maximum absolute atomic E-state index is 12.0. The number of allylic oxidation sites excluding steroid dienone is 2. The van der Waals surface area contributed by atoms with Crippen molar-refractivity contribution in [3.05, 3.63) is 145 Å². The first-order chi connectivity index (χ1) is 23.5. The second kappa shape index (κ2) is 16.4. The van der Waals surface area contributed by atoms with Crippen LogP contribution in [0.4, 0.5) is 17.1 Å². The molecule has 0 radical (unpaired) electrons. The molecule has 0 aromatic heterocycles. The van der Waals surface area contributed by atoms with Gasteiger partial charge in [-0.1, -0.05) is 41.8 Å². The van der Waals surface area contributed by atoms with Gasteiger partial charge >= 0.3 is 5.97 Å². The van der Waals surface area contributed by atoms with Crippen molar-refractivity contribution in [3.63, 3.8) is 0 Å². The van der Waals surface area contributed by atoms with Crippen molar-refractivity contribution in [2.45, 2.75) is 30.9 Å². The fourth-order valence-electron chi connectivity index (χ4n) is 4.64. The lowest BCUT2D eigenvalue weighted by Crippen LogP contribution is -2.24. The summed E-state index contributed by atoms with van der Waals surface area (Å²) >= 11 is 7.81. The van der Waals surface area contributed by atoms with Gasteiger partial charge in [0, 0.05) is 37.2 Å². The van der Waals surface area contributed by atoms with E-state index in [0.717, 1.165) is 44.8 Å². The zero-order valence-electron chi connectivity index (χ0n) is 26.2. The minimum Gasteiger partial charge on any atom is -0.460 e. The van der Waals surface area contributed by atoms with Crippen molar-refractivity contribution in [2.75, 3.05) is 25.1 Å². The second-order valence-corrected chi connectivity index (χ2v) is 13.6. The second-order valence-electron chi connectivity index (χ2n) is 10.8. The summed E-state index contributed by atoms with van der Waals surface area (Å²) in [7, 11) is 1.96. The topological polar surface area (TPSA) is 63.5 Å². The Bertz CT molecular complexity index is 1910. The van der Waals surface area contributed by atoms with Gasteiger partial charge in [0.1, 0.15) is 18.1 Å². The number of nitrogens with zero attached hydrogens (tertiary/aromatic N) is 3. The van der Waals surface area contributed by atoms with E-state index in [2.05, 4.69) is 71.4 Å². The highest BCUT2D eigenvalue weighted by atomic mass is 32.2. The molecule has 0 heterocycles. The molecule has 9 heteroatoms. The Hall–Kier alpha value is -4.70. The quantitative estimate of drug-likeness (QED) is 0.0755. The number of anilines is 1. The van der Waals surface area contributed by atoms with Gasteiger partial charge in [-0.15, -0.1) is 12.6 Å². The highest BCUT2D eigenvalue weighted by Crippen LogP contribution is 2.34. The van der Waals surface area contributed by atoms with E-state index in [0.29, 0.717) is 18.7 Å². The van der Waals surface area contributed by atoms with Crippen LogP contribution in [0.2, 0.25) is 0 Å². The number of azo groups is 1. The number of ether oxygens (including phenoxy) is 2. The van der Waals surface area contributed by atoms with E-state index in [1.165, 1.54) is 14.7 Å². The predicted octanol–water partition coefficient (Wildman–Crippen LogP) is 11.4. The third-order valence-corrected chi connectivity index (χ3v) is 9.60. The number of hydrogen-bond acceptors (Lipinski definition) is 9. The molecule has 0 bridgehead atoms. The number of carbonyl (C=O) groups is 1. The van der Waals surface area contributed by atoms with Crippen molar-refractivity contribution in [1.29, 1.82) is 0 Å². The zero-order chi connectivity index (χ0) is 33.1. The average Bonchev–Trinajstić information content (AvgIpc) is 3.67. The Morgan fingerprint density at radius 3 is 1.71 bits per heavy atom. The third kappa shape index (κ3) is 9.67. The van der Waals surface area contributed by atoms with Gasteiger partial charge in [0.15, 0.2) is 0 Å². The van der Waals surface area contributed by atoms with E-state index in [1.807, 2.05) is 96.9 Å². The maximum Gasteiger partial charge on any atom is 0.337 e. The van der Waals surface area contributed by atoms with E-state index in [1.54, 1.807) is 29.6 Å². The molecule has 0 saturated heterocycles. The van der Waals surface area contributed by atoms with Crippen LogP contribution in [-0.4, -0.2) is 26.2 Å². The normalized spacial score (nSPS) is 12.2. The molecule has 1 aliphatic rings. The zero-order valence-corrected chi connectivity index (χ0v) is 28.8. The van der Waals surface area contributed by atoms with Gasteiger partial charge in [0.25, 0.3) is 0 Å². The lowest BCUT2D eigenvalue weighted by atomic mass is 10.2. The SMILES string of the molecule is CN(CCOC(=O)C1=CCC=C1)c1ccc(N=Nc2ccc(Oc3ccc(Sc4ccc(Sc5ccc(S)cc5)cc4)cc3)cc2)cc1. The monoisotopic (exact) mass is 687 g/mol. The van der Waals surface area contributed by atoms with Gasteiger partial charge in [-0.2, -0.15) is 10.2 Å². The van der Waals surface area contributed by atoms with Crippen LogP contribution in [0.5, 0.6) is 11.5 Å². The molecule has 5 aromatic rings. The van der Waals surface area contributed by atoms with Gasteiger partial charge in [-0.25, -0.2) is 4.79 Å². The summed E-state index contributed by atoms with van der Waals surface area (Å²) < 4.78 is 11.4. The van der Waals surface area contributed by atoms with Crippen LogP contribution in [0.1, 0.15) is 6.42 Å². The molecule has 0 unspecified atom stereocenters. The van der Waals surface area contributed by atoms with Gasteiger partial charge in [0.05, 0.1) is 23.5 Å². The fraction of sp³-hybridized carbons (Fsp3) is 0.103. The number of thiol groups is 1. The van der Waals surface area contributed by atoms with E-state index >= 15 is 0 Å². The molecule has 5 aromatic carbocycles. The van der Waals surface area contributed by atoms with E-state index in [-0.39, 0.29) is 5.97 Å². The van der Waals surface area contributed by atoms with Crippen molar-refractivity contribution in [2.24, 2.45) is 10.2 Å². The van der Waals surface area contributed by atoms with Crippen LogP contribution >= 0.6 is 36.2 Å². The first-order valence-electron chi connectivity index (χ1n) is 15.4. The highest BCUT2D eigenvalue weighted by Gasteiger charge is 2.11. The van der Waals surface area contributed by atoms with Crippen molar-refractivity contribution in [3.8, 4) is 11.5 Å². The first kappa shape index (κ1) is 33.2. The molecule has 240 valence electrons. The molecule has 0 spiro atoms. The molecule has 0 N–H and O–H groups in total. The number of rotatable bonds is 13. The lowest BCUT2D eigenvalue weighted by molar-refractivity contribution is -0.138. The Kier molecular flexibility index (Phi) is 11.4. The largest absolute Gasteiger partial charge is 0.460 e. The molecule has 0 aliphatic heterocycles. The summed E-state index contributed by atoms with van der Waals surface area (Å²) in [5.74, 6) is 1.21. The summed E-state index contributed by atoms with van der Waals surface area (Å²) in [5.41, 5.74) is 3.09. The van der Waals surface area contributed by atoms with Crippen LogP contribution in [-0.2, 0) is 9.53 Å². The van der Waals surface area contributed by atoms with Gasteiger partial charge in [-0.3, -0.25) is 0 Å². The summed E-state index contributed by atoms with van der Waals surface area (Å²) in [6.07, 6.45) is 6.40. The van der Waals surface area contributed by atoms with Crippen LogP contribution in [0, 0.1) is 0 Å². The molecular formula is C39H33N3O3S3. The van der Waals surface area contributed by atoms with E-state index in [4.69, 9.17) is 9.47 Å². The van der Waals surface area contributed by atoms with Crippen molar-refractivity contribution < 1.29 is 14.3 Å². The summed E-state index contributed by atoms with van der Waals surface area (Å²) in [6.45, 7) is 0.901. The average molecular weight is 688 g/mol. The van der Waals surface area contributed by atoms with Crippen LogP contribution < -0.4 is 9.64 Å². The summed E-state index contributed by atoms with van der Waals surface area (Å²) in [6, 6.07) is 40.1. The third-order valence-electron chi connectivity index (χ3n) is 7.27. The lowest BCUT2D eigenvalue weighted by Gasteiger charge is -2.19. The van der Waals surface area contributed by atoms with Crippen LogP contribution in [0.15, 0.2) is 180 Å². The Morgan fingerprint density at radius 2 is 1.19 bits per heavy atom. The predicted molar refractivity (Wildman–Crippen MR) is 198 cm³/mol. The summed E-state index contributed by atoms with van der Waals surface area (Å²) in [5, 5.41) is 8.74. The molecular weight excluding hydrogens is 655 g/mol. The molecule has 0 atom stereocenters. The smallest absolute Gasteiger partial charge is 0.337 e. The van der Waals surface area contributed by atoms with Crippen molar-refractivity contribution >= 4 is 59.2 Å². The highest BCUT2D eigenvalue weighted by molar-refractivity contribution is 7.99. The Balaban J connectivity index is 0.945. The minimum absolute atomic E-state index is 0.276. The molecule has 0 fully saturated rings. The molecule has 48 heavy (non-hydrogen) atoms. The van der Waals surface area contributed by atoms with Gasteiger partial charge in [-0.05, 0) is 128 Å². The summed E-state index contributed by atoms with van der Waals surface area (Å²) in [4.78, 5) is 19.7. The number of esters is 1. The maximum atomic E-state index is 12.0. The van der Waals surface area contributed by atoms with Crippen LogP contribution in [0.25, 0.3) is 0 Å². The molecule has 0 saturated carbocycles. The molecule has 6 nitrogen and oxygen atoms in total. The van der Waals surface area contributed by atoms with Crippen molar-refractivity contribution in [1.82, 2.24) is 0 Å². The van der Waals surface area contributed by atoms with E-state index in [9.17, 15) is 4.79 Å². The Morgan fingerprint density at radius 1 is 0.708 bits per heavy atom. The Labute approximate surface area is 295 Å². The van der Waals surface area contributed by atoms with E-state index < -0.39 is 0 Å². The fourth-order valence-corrected chi connectivity index (χ4v) is 6.42. The van der Waals surface area contributed by atoms with Gasteiger partial charge in [0.2, 0.25) is 0 Å². The molecule has 0 amide bonds.